The van der Waals surface area contributed by atoms with E-state index in [0.29, 0.717) is 16.7 Å². The Morgan fingerprint density at radius 3 is 2.45 bits per heavy atom. The summed E-state index contributed by atoms with van der Waals surface area (Å²) in [7, 11) is 0. The molecule has 2 rings (SSSR count). The Morgan fingerprint density at radius 1 is 1.20 bits per heavy atom. The van der Waals surface area contributed by atoms with Crippen LogP contribution in [0.2, 0.25) is 10.0 Å². The molecule has 0 bridgehead atoms. The minimum absolute atomic E-state index is 0.121. The Morgan fingerprint density at radius 2 is 1.85 bits per heavy atom. The van der Waals surface area contributed by atoms with Gasteiger partial charge in [-0.3, -0.25) is 0 Å². The molecule has 0 aliphatic rings. The fraction of sp³-hybridized carbons (Fsp3) is 0.200. The van der Waals surface area contributed by atoms with E-state index in [4.69, 9.17) is 33.7 Å². The van der Waals surface area contributed by atoms with Gasteiger partial charge in [0.15, 0.2) is 0 Å². The van der Waals surface area contributed by atoms with E-state index in [-0.39, 0.29) is 6.04 Å². The van der Waals surface area contributed by atoms with E-state index in [2.05, 4.69) is 15.9 Å². The Hall–Kier alpha value is -0.740. The van der Waals surface area contributed by atoms with Crippen LogP contribution in [0.5, 0.6) is 5.75 Å². The molecule has 2 aromatic carbocycles. The normalized spacial score (nSPS) is 12.2. The van der Waals surface area contributed by atoms with Crippen LogP contribution in [-0.4, -0.2) is 0 Å². The summed E-state index contributed by atoms with van der Waals surface area (Å²) >= 11 is 15.7. The summed E-state index contributed by atoms with van der Waals surface area (Å²) in [4.78, 5) is 0. The van der Waals surface area contributed by atoms with E-state index in [1.54, 1.807) is 18.2 Å². The molecule has 106 valence electrons. The first-order valence-corrected chi connectivity index (χ1v) is 7.64. The monoisotopic (exact) mass is 373 g/mol. The van der Waals surface area contributed by atoms with Gasteiger partial charge in [-0.15, -0.1) is 0 Å². The molecule has 5 heteroatoms. The summed E-state index contributed by atoms with van der Waals surface area (Å²) in [5.41, 5.74) is 7.66. The standard InChI is InChI=1S/C15H14BrCl2NO/c1-9(19)11-7-10(16)5-6-15(11)20-8-12-13(17)3-2-4-14(12)18/h2-7,9H,8,19H2,1H3. The molecule has 2 aromatic rings. The number of hydrogen-bond donors (Lipinski definition) is 1. The van der Waals surface area contributed by atoms with Crippen molar-refractivity contribution in [2.75, 3.05) is 0 Å². The van der Waals surface area contributed by atoms with Crippen molar-refractivity contribution in [2.45, 2.75) is 19.6 Å². The molecule has 0 saturated heterocycles. The third-order valence-electron chi connectivity index (χ3n) is 2.90. The molecule has 0 aliphatic carbocycles. The average molecular weight is 375 g/mol. The highest BCUT2D eigenvalue weighted by molar-refractivity contribution is 9.10. The van der Waals surface area contributed by atoms with Crippen molar-refractivity contribution in [3.63, 3.8) is 0 Å². The first kappa shape index (κ1) is 15.6. The van der Waals surface area contributed by atoms with Crippen LogP contribution in [0.15, 0.2) is 40.9 Å². The fourth-order valence-electron chi connectivity index (χ4n) is 1.83. The van der Waals surface area contributed by atoms with Gasteiger partial charge in [-0.1, -0.05) is 45.2 Å². The maximum Gasteiger partial charge on any atom is 0.124 e. The molecule has 0 aliphatic heterocycles. The van der Waals surface area contributed by atoms with Crippen molar-refractivity contribution in [2.24, 2.45) is 5.73 Å². The number of halogens is 3. The Bertz CT molecular complexity index is 597. The summed E-state index contributed by atoms with van der Waals surface area (Å²) in [5, 5.41) is 1.19. The second-order valence-electron chi connectivity index (χ2n) is 4.46. The van der Waals surface area contributed by atoms with E-state index in [1.807, 2.05) is 25.1 Å². The second kappa shape index (κ2) is 6.81. The van der Waals surface area contributed by atoms with Crippen LogP contribution in [0.4, 0.5) is 0 Å². The van der Waals surface area contributed by atoms with Gasteiger partial charge in [-0.2, -0.15) is 0 Å². The number of benzene rings is 2. The highest BCUT2D eigenvalue weighted by atomic mass is 79.9. The maximum absolute atomic E-state index is 6.13. The summed E-state index contributed by atoms with van der Waals surface area (Å²) in [6.45, 7) is 2.22. The lowest BCUT2D eigenvalue weighted by Crippen LogP contribution is -2.08. The van der Waals surface area contributed by atoms with Crippen LogP contribution < -0.4 is 10.5 Å². The zero-order valence-corrected chi connectivity index (χ0v) is 14.0. The van der Waals surface area contributed by atoms with E-state index in [1.165, 1.54) is 0 Å². The van der Waals surface area contributed by atoms with Gasteiger partial charge >= 0.3 is 0 Å². The molecule has 0 fully saturated rings. The van der Waals surface area contributed by atoms with E-state index in [0.717, 1.165) is 21.3 Å². The lowest BCUT2D eigenvalue weighted by Gasteiger charge is -2.15. The van der Waals surface area contributed by atoms with Gasteiger partial charge in [0.1, 0.15) is 12.4 Å². The summed E-state index contributed by atoms with van der Waals surface area (Å²) in [5.74, 6) is 0.735. The largest absolute Gasteiger partial charge is 0.488 e. The summed E-state index contributed by atoms with van der Waals surface area (Å²) in [6, 6.07) is 11.0. The predicted molar refractivity (Wildman–Crippen MR) is 87.5 cm³/mol. The van der Waals surface area contributed by atoms with Gasteiger partial charge in [0.05, 0.1) is 0 Å². The third kappa shape index (κ3) is 3.67. The highest BCUT2D eigenvalue weighted by Gasteiger charge is 2.11. The van der Waals surface area contributed by atoms with Crippen molar-refractivity contribution >= 4 is 39.1 Å². The van der Waals surface area contributed by atoms with Crippen LogP contribution in [0.25, 0.3) is 0 Å². The molecule has 1 atom stereocenters. The van der Waals surface area contributed by atoms with Crippen LogP contribution in [-0.2, 0) is 6.61 Å². The third-order valence-corrected chi connectivity index (χ3v) is 4.10. The van der Waals surface area contributed by atoms with E-state index in [9.17, 15) is 0 Å². The second-order valence-corrected chi connectivity index (χ2v) is 6.19. The van der Waals surface area contributed by atoms with Gasteiger partial charge in [0, 0.05) is 31.7 Å². The molecule has 20 heavy (non-hydrogen) atoms. The molecule has 0 amide bonds. The predicted octanol–water partition coefficient (Wildman–Crippen LogP) is 5.35. The smallest absolute Gasteiger partial charge is 0.124 e. The van der Waals surface area contributed by atoms with Gasteiger partial charge < -0.3 is 10.5 Å². The van der Waals surface area contributed by atoms with Gasteiger partial charge in [0.2, 0.25) is 0 Å². The molecule has 2 N–H and O–H groups in total. The molecule has 0 aromatic heterocycles. The zero-order chi connectivity index (χ0) is 14.7. The molecule has 0 spiro atoms. The topological polar surface area (TPSA) is 35.2 Å². The Kier molecular flexibility index (Phi) is 5.33. The van der Waals surface area contributed by atoms with Crippen molar-refractivity contribution in [3.05, 3.63) is 62.0 Å². The van der Waals surface area contributed by atoms with Crippen molar-refractivity contribution in [3.8, 4) is 5.75 Å². The first-order valence-electron chi connectivity index (χ1n) is 6.09. The number of nitrogens with two attached hydrogens (primary N) is 1. The van der Waals surface area contributed by atoms with Crippen molar-refractivity contribution in [1.29, 1.82) is 0 Å². The molecular weight excluding hydrogens is 361 g/mol. The van der Waals surface area contributed by atoms with Crippen LogP contribution in [0, 0.1) is 0 Å². The molecule has 1 unspecified atom stereocenters. The minimum Gasteiger partial charge on any atom is -0.488 e. The fourth-order valence-corrected chi connectivity index (χ4v) is 2.71. The zero-order valence-electron chi connectivity index (χ0n) is 10.9. The van der Waals surface area contributed by atoms with Crippen LogP contribution >= 0.6 is 39.1 Å². The van der Waals surface area contributed by atoms with E-state index < -0.39 is 0 Å². The van der Waals surface area contributed by atoms with Crippen LogP contribution in [0.1, 0.15) is 24.1 Å². The van der Waals surface area contributed by atoms with Crippen molar-refractivity contribution in [1.82, 2.24) is 0 Å². The SMILES string of the molecule is CC(N)c1cc(Br)ccc1OCc1c(Cl)cccc1Cl. The van der Waals surface area contributed by atoms with Gasteiger partial charge in [-0.25, -0.2) is 0 Å². The number of ether oxygens (including phenoxy) is 1. The summed E-state index contributed by atoms with van der Waals surface area (Å²) in [6.07, 6.45) is 0. The van der Waals surface area contributed by atoms with Crippen molar-refractivity contribution < 1.29 is 4.74 Å². The minimum atomic E-state index is -0.121. The van der Waals surface area contributed by atoms with Gasteiger partial charge in [-0.05, 0) is 37.3 Å². The van der Waals surface area contributed by atoms with Crippen LogP contribution in [0.3, 0.4) is 0 Å². The number of rotatable bonds is 4. The number of hydrogen-bond acceptors (Lipinski definition) is 2. The summed E-state index contributed by atoms with van der Waals surface area (Å²) < 4.78 is 6.80. The van der Waals surface area contributed by atoms with E-state index >= 15 is 0 Å². The van der Waals surface area contributed by atoms with Gasteiger partial charge in [0.25, 0.3) is 0 Å². The molecular formula is C15H14BrCl2NO. The molecule has 2 nitrogen and oxygen atoms in total. The molecule has 0 heterocycles. The first-order chi connectivity index (χ1) is 9.49. The maximum atomic E-state index is 6.13. The molecule has 0 saturated carbocycles. The lowest BCUT2D eigenvalue weighted by molar-refractivity contribution is 0.301. The lowest BCUT2D eigenvalue weighted by atomic mass is 10.1. The Balaban J connectivity index is 2.23. The highest BCUT2D eigenvalue weighted by Crippen LogP contribution is 2.30. The quantitative estimate of drug-likeness (QED) is 0.782. The molecule has 0 radical (unpaired) electrons. The Labute approximate surface area is 137 Å². The average Bonchev–Trinajstić information content (AvgIpc) is 2.39.